The van der Waals surface area contributed by atoms with E-state index in [1.807, 2.05) is 24.1 Å². The molecule has 1 spiro atoms. The Hall–Kier alpha value is -1.22. The highest BCUT2D eigenvalue weighted by Gasteiger charge is 2.38. The fourth-order valence-electron chi connectivity index (χ4n) is 3.89. The lowest BCUT2D eigenvalue weighted by Crippen LogP contribution is -2.42. The van der Waals surface area contributed by atoms with Gasteiger partial charge in [0.15, 0.2) is 0 Å². The lowest BCUT2D eigenvalue weighted by Gasteiger charge is -2.39. The zero-order valence-corrected chi connectivity index (χ0v) is 13.4. The molecule has 1 saturated heterocycles. The monoisotopic (exact) mass is 306 g/mol. The maximum atomic E-state index is 12.8. The van der Waals surface area contributed by atoms with Gasteiger partial charge in [0.25, 0.3) is 5.91 Å². The van der Waals surface area contributed by atoms with Gasteiger partial charge in [0.1, 0.15) is 0 Å². The number of benzene rings is 1. The number of nitrogens with one attached hydrogen (secondary N) is 1. The maximum Gasteiger partial charge on any atom is 0.256 e. The van der Waals surface area contributed by atoms with E-state index in [1.165, 1.54) is 25.7 Å². The van der Waals surface area contributed by atoms with Crippen LogP contribution in [0.3, 0.4) is 0 Å². The Balaban J connectivity index is 1.73. The third-order valence-electron chi connectivity index (χ3n) is 5.26. The summed E-state index contributed by atoms with van der Waals surface area (Å²) in [5.41, 5.74) is 2.08. The molecule has 3 nitrogen and oxygen atoms in total. The first kappa shape index (κ1) is 14.7. The number of nitrogens with zero attached hydrogens (tertiary/aromatic N) is 1. The minimum atomic E-state index is 0.106. The SMILES string of the molecule is CNc1ccc(Cl)cc1C(=O)N1CCC2(CCCC2)CC1. The highest BCUT2D eigenvalue weighted by atomic mass is 35.5. The Morgan fingerprint density at radius 1 is 1.19 bits per heavy atom. The molecule has 0 radical (unpaired) electrons. The molecule has 0 aromatic heterocycles. The molecule has 114 valence electrons. The molecule has 1 saturated carbocycles. The van der Waals surface area contributed by atoms with E-state index in [1.54, 1.807) is 6.07 Å². The quantitative estimate of drug-likeness (QED) is 0.889. The first-order valence-electron chi connectivity index (χ1n) is 7.90. The van der Waals surface area contributed by atoms with Gasteiger partial charge >= 0.3 is 0 Å². The van der Waals surface area contributed by atoms with Crippen molar-refractivity contribution >= 4 is 23.2 Å². The standard InChI is InChI=1S/C17H23ClN2O/c1-19-15-5-4-13(18)12-14(15)16(21)20-10-8-17(9-11-20)6-2-3-7-17/h4-5,12,19H,2-3,6-11H2,1H3. The average Bonchev–Trinajstić information content (AvgIpc) is 2.95. The number of carbonyl (C=O) groups excluding carboxylic acids is 1. The predicted molar refractivity (Wildman–Crippen MR) is 87.0 cm³/mol. The van der Waals surface area contributed by atoms with Crippen LogP contribution in [0.2, 0.25) is 5.02 Å². The van der Waals surface area contributed by atoms with E-state index in [-0.39, 0.29) is 5.91 Å². The molecule has 3 rings (SSSR count). The van der Waals surface area contributed by atoms with Crippen LogP contribution in [0.1, 0.15) is 48.9 Å². The molecule has 1 aromatic carbocycles. The first-order valence-corrected chi connectivity index (χ1v) is 8.28. The number of carbonyl (C=O) groups is 1. The molecular weight excluding hydrogens is 284 g/mol. The fourth-order valence-corrected chi connectivity index (χ4v) is 4.06. The minimum absolute atomic E-state index is 0.106. The van der Waals surface area contributed by atoms with Gasteiger partial charge in [-0.3, -0.25) is 4.79 Å². The zero-order valence-electron chi connectivity index (χ0n) is 12.6. The number of anilines is 1. The smallest absolute Gasteiger partial charge is 0.256 e. The summed E-state index contributed by atoms with van der Waals surface area (Å²) in [5, 5.41) is 3.70. The molecule has 0 bridgehead atoms. The lowest BCUT2D eigenvalue weighted by molar-refractivity contribution is 0.0588. The van der Waals surface area contributed by atoms with Gasteiger partial charge in [-0.25, -0.2) is 0 Å². The van der Waals surface area contributed by atoms with Gasteiger partial charge in [0.2, 0.25) is 0 Å². The fraction of sp³-hybridized carbons (Fsp3) is 0.588. The highest BCUT2D eigenvalue weighted by Crippen LogP contribution is 2.46. The van der Waals surface area contributed by atoms with Gasteiger partial charge in [0, 0.05) is 30.8 Å². The lowest BCUT2D eigenvalue weighted by atomic mass is 9.77. The van der Waals surface area contributed by atoms with E-state index in [9.17, 15) is 4.79 Å². The second-order valence-corrected chi connectivity index (χ2v) is 6.88. The van der Waals surface area contributed by atoms with Crippen molar-refractivity contribution in [1.29, 1.82) is 0 Å². The van der Waals surface area contributed by atoms with Crippen LogP contribution >= 0.6 is 11.6 Å². The molecule has 0 atom stereocenters. The molecule has 1 heterocycles. The van der Waals surface area contributed by atoms with Crippen LogP contribution in [0.4, 0.5) is 5.69 Å². The summed E-state index contributed by atoms with van der Waals surface area (Å²) in [5.74, 6) is 0.106. The van der Waals surface area contributed by atoms with Crippen molar-refractivity contribution in [3.63, 3.8) is 0 Å². The third kappa shape index (κ3) is 2.89. The molecule has 1 aliphatic heterocycles. The normalized spacial score (nSPS) is 20.8. The maximum absolute atomic E-state index is 12.8. The molecule has 1 aliphatic carbocycles. The highest BCUT2D eigenvalue weighted by molar-refractivity contribution is 6.31. The third-order valence-corrected chi connectivity index (χ3v) is 5.49. The summed E-state index contributed by atoms with van der Waals surface area (Å²) >= 11 is 6.06. The molecule has 1 amide bonds. The number of halogens is 1. The molecule has 2 fully saturated rings. The van der Waals surface area contributed by atoms with Crippen molar-refractivity contribution < 1.29 is 4.79 Å². The van der Waals surface area contributed by atoms with E-state index in [2.05, 4.69) is 5.32 Å². The summed E-state index contributed by atoms with van der Waals surface area (Å²) in [6.45, 7) is 1.77. The van der Waals surface area contributed by atoms with Crippen LogP contribution in [0.5, 0.6) is 0 Å². The van der Waals surface area contributed by atoms with Gasteiger partial charge in [-0.15, -0.1) is 0 Å². The number of amides is 1. The Bertz CT molecular complexity index is 528. The van der Waals surface area contributed by atoms with Crippen LogP contribution in [0, 0.1) is 5.41 Å². The number of rotatable bonds is 2. The summed E-state index contributed by atoms with van der Waals surface area (Å²) in [7, 11) is 1.84. The number of hydrogen-bond acceptors (Lipinski definition) is 2. The zero-order chi connectivity index (χ0) is 14.9. The van der Waals surface area contributed by atoms with E-state index in [0.29, 0.717) is 16.0 Å². The van der Waals surface area contributed by atoms with E-state index >= 15 is 0 Å². The van der Waals surface area contributed by atoms with Crippen molar-refractivity contribution in [2.75, 3.05) is 25.5 Å². The molecule has 2 aliphatic rings. The summed E-state index contributed by atoms with van der Waals surface area (Å²) in [6, 6.07) is 5.46. The summed E-state index contributed by atoms with van der Waals surface area (Å²) < 4.78 is 0. The van der Waals surface area contributed by atoms with E-state index in [4.69, 9.17) is 11.6 Å². The molecule has 1 N–H and O–H groups in total. The predicted octanol–water partition coefficient (Wildman–Crippen LogP) is 4.18. The molecule has 1 aromatic rings. The first-order chi connectivity index (χ1) is 10.1. The molecule has 4 heteroatoms. The Morgan fingerprint density at radius 3 is 2.48 bits per heavy atom. The Morgan fingerprint density at radius 2 is 1.86 bits per heavy atom. The number of hydrogen-bond donors (Lipinski definition) is 1. The average molecular weight is 307 g/mol. The van der Waals surface area contributed by atoms with Crippen molar-refractivity contribution in [3.05, 3.63) is 28.8 Å². The van der Waals surface area contributed by atoms with Crippen molar-refractivity contribution in [2.45, 2.75) is 38.5 Å². The van der Waals surface area contributed by atoms with Gasteiger partial charge in [0.05, 0.1) is 5.56 Å². The molecule has 21 heavy (non-hydrogen) atoms. The summed E-state index contributed by atoms with van der Waals surface area (Å²) in [6.07, 6.45) is 7.77. The van der Waals surface area contributed by atoms with E-state index < -0.39 is 0 Å². The van der Waals surface area contributed by atoms with Crippen LogP contribution in [0.25, 0.3) is 0 Å². The Labute approximate surface area is 131 Å². The number of piperidine rings is 1. The number of likely N-dealkylation sites (tertiary alicyclic amines) is 1. The van der Waals surface area contributed by atoms with Crippen molar-refractivity contribution in [2.24, 2.45) is 5.41 Å². The summed E-state index contributed by atoms with van der Waals surface area (Å²) in [4.78, 5) is 14.8. The van der Waals surface area contributed by atoms with Crippen molar-refractivity contribution in [1.82, 2.24) is 4.90 Å². The van der Waals surface area contributed by atoms with Crippen molar-refractivity contribution in [3.8, 4) is 0 Å². The minimum Gasteiger partial charge on any atom is -0.387 e. The van der Waals surface area contributed by atoms with Crippen LogP contribution in [0.15, 0.2) is 18.2 Å². The molecule has 0 unspecified atom stereocenters. The van der Waals surface area contributed by atoms with Crippen LogP contribution in [-0.2, 0) is 0 Å². The molecular formula is C17H23ClN2O. The van der Waals surface area contributed by atoms with Crippen LogP contribution in [-0.4, -0.2) is 30.9 Å². The second kappa shape index (κ2) is 5.88. The largest absolute Gasteiger partial charge is 0.387 e. The van der Waals surface area contributed by atoms with E-state index in [0.717, 1.165) is 31.6 Å². The van der Waals surface area contributed by atoms with Gasteiger partial charge in [-0.2, -0.15) is 0 Å². The van der Waals surface area contributed by atoms with Crippen LogP contribution < -0.4 is 5.32 Å². The van der Waals surface area contributed by atoms with Gasteiger partial charge in [-0.05, 0) is 49.3 Å². The van der Waals surface area contributed by atoms with Gasteiger partial charge < -0.3 is 10.2 Å². The Kier molecular flexibility index (Phi) is 4.12. The second-order valence-electron chi connectivity index (χ2n) is 6.44. The van der Waals surface area contributed by atoms with Gasteiger partial charge in [-0.1, -0.05) is 24.4 Å². The topological polar surface area (TPSA) is 32.3 Å².